The molecule has 0 fully saturated rings. The second-order valence-corrected chi connectivity index (χ2v) is 8.90. The third kappa shape index (κ3) is 3.12. The van der Waals surface area contributed by atoms with Crippen molar-refractivity contribution in [3.63, 3.8) is 0 Å². The Morgan fingerprint density at radius 3 is 2.84 bits per heavy atom. The zero-order chi connectivity index (χ0) is 17.4. The zero-order valence-corrected chi connectivity index (χ0v) is 16.3. The molecule has 0 saturated heterocycles. The molecule has 4 nitrogen and oxygen atoms in total. The molecule has 25 heavy (non-hydrogen) atoms. The Balaban J connectivity index is 1.58. The molecule has 3 aromatic heterocycles. The first kappa shape index (κ1) is 16.8. The van der Waals surface area contributed by atoms with E-state index in [-0.39, 0.29) is 16.8 Å². The van der Waals surface area contributed by atoms with Gasteiger partial charge < -0.3 is 9.47 Å². The first-order chi connectivity index (χ1) is 12.1. The molecular formula is C18H18N2O2S3. The van der Waals surface area contributed by atoms with Gasteiger partial charge in [0.1, 0.15) is 0 Å². The fraction of sp³-hybridized carbons (Fsp3) is 0.333. The highest BCUT2D eigenvalue weighted by Crippen LogP contribution is 2.39. The van der Waals surface area contributed by atoms with E-state index in [1.807, 2.05) is 23.3 Å². The Morgan fingerprint density at radius 2 is 2.12 bits per heavy atom. The number of aryl methyl sites for hydroxylation is 1. The highest BCUT2D eigenvalue weighted by atomic mass is 32.1. The fourth-order valence-electron chi connectivity index (χ4n) is 3.36. The number of hydrogen-bond acceptors (Lipinski definition) is 5. The molecule has 0 bridgehead atoms. The predicted molar refractivity (Wildman–Crippen MR) is 104 cm³/mol. The van der Waals surface area contributed by atoms with Crippen LogP contribution in [0.3, 0.4) is 0 Å². The van der Waals surface area contributed by atoms with E-state index in [2.05, 4.69) is 22.9 Å². The third-order valence-corrected chi connectivity index (χ3v) is 7.43. The number of nitrogens with zero attached hydrogens (tertiary/aromatic N) is 2. The molecular weight excluding hydrogens is 372 g/mol. The van der Waals surface area contributed by atoms with Crippen LogP contribution in [0.15, 0.2) is 39.1 Å². The van der Waals surface area contributed by atoms with Crippen molar-refractivity contribution in [2.24, 2.45) is 0 Å². The van der Waals surface area contributed by atoms with Crippen molar-refractivity contribution >= 4 is 39.9 Å². The average molecular weight is 391 g/mol. The number of rotatable bonds is 4. The van der Waals surface area contributed by atoms with Crippen molar-refractivity contribution in [1.82, 2.24) is 9.47 Å². The molecule has 0 N–H and O–H groups in total. The van der Waals surface area contributed by atoms with Crippen LogP contribution < -0.4 is 4.87 Å². The molecule has 1 unspecified atom stereocenters. The molecule has 1 aliphatic rings. The van der Waals surface area contributed by atoms with Crippen LogP contribution in [0.25, 0.3) is 0 Å². The van der Waals surface area contributed by atoms with E-state index in [0.29, 0.717) is 13.0 Å². The van der Waals surface area contributed by atoms with Crippen LogP contribution in [-0.4, -0.2) is 21.9 Å². The third-order valence-electron chi connectivity index (χ3n) is 4.62. The van der Waals surface area contributed by atoms with Gasteiger partial charge in [0.25, 0.3) is 0 Å². The molecule has 0 radical (unpaired) electrons. The lowest BCUT2D eigenvalue weighted by Gasteiger charge is -2.35. The van der Waals surface area contributed by atoms with Gasteiger partial charge in [-0.2, -0.15) is 0 Å². The van der Waals surface area contributed by atoms with E-state index in [9.17, 15) is 9.59 Å². The number of thiazole rings is 1. The quantitative estimate of drug-likeness (QED) is 0.678. The smallest absolute Gasteiger partial charge is 0.307 e. The van der Waals surface area contributed by atoms with Crippen molar-refractivity contribution in [3.05, 3.63) is 65.0 Å². The molecule has 1 amide bonds. The number of fused-ring (bicyclic) bond motifs is 1. The first-order valence-corrected chi connectivity index (χ1v) is 10.8. The summed E-state index contributed by atoms with van der Waals surface area (Å²) in [5, 5.41) is 6.03. The average Bonchev–Trinajstić information content (AvgIpc) is 3.34. The van der Waals surface area contributed by atoms with E-state index in [1.165, 1.54) is 26.7 Å². The molecule has 4 heterocycles. The number of aromatic nitrogens is 1. The van der Waals surface area contributed by atoms with Gasteiger partial charge in [0, 0.05) is 40.3 Å². The molecule has 1 aliphatic heterocycles. The van der Waals surface area contributed by atoms with Gasteiger partial charge in [-0.3, -0.25) is 9.59 Å². The van der Waals surface area contributed by atoms with E-state index >= 15 is 0 Å². The zero-order valence-electron chi connectivity index (χ0n) is 13.8. The van der Waals surface area contributed by atoms with Gasteiger partial charge in [0.2, 0.25) is 5.91 Å². The second-order valence-electron chi connectivity index (χ2n) is 6.10. The van der Waals surface area contributed by atoms with Crippen LogP contribution >= 0.6 is 34.0 Å². The number of carbonyl (C=O) groups excluding carboxylic acids is 1. The highest BCUT2D eigenvalue weighted by molar-refractivity contribution is 7.10. The van der Waals surface area contributed by atoms with Crippen molar-refractivity contribution in [3.8, 4) is 0 Å². The maximum absolute atomic E-state index is 13.0. The monoisotopic (exact) mass is 390 g/mol. The van der Waals surface area contributed by atoms with Gasteiger partial charge in [0.05, 0.1) is 6.04 Å². The Bertz CT molecular complexity index is 936. The molecule has 0 saturated carbocycles. The van der Waals surface area contributed by atoms with Gasteiger partial charge in [-0.1, -0.05) is 17.4 Å². The summed E-state index contributed by atoms with van der Waals surface area (Å²) in [5.74, 6) is 0.118. The van der Waals surface area contributed by atoms with Crippen molar-refractivity contribution < 1.29 is 4.79 Å². The Kier molecular flexibility index (Phi) is 4.62. The summed E-state index contributed by atoms with van der Waals surface area (Å²) in [4.78, 5) is 29.4. The van der Waals surface area contributed by atoms with Crippen LogP contribution in [0, 0.1) is 6.92 Å². The van der Waals surface area contributed by atoms with E-state index in [0.717, 1.165) is 18.7 Å². The summed E-state index contributed by atoms with van der Waals surface area (Å²) in [5.41, 5.74) is 2.19. The second kappa shape index (κ2) is 6.90. The van der Waals surface area contributed by atoms with Crippen LogP contribution in [-0.2, 0) is 17.8 Å². The summed E-state index contributed by atoms with van der Waals surface area (Å²) in [6, 6.07) is 6.31. The number of thiophene rings is 2. The standard InChI is InChI=1S/C18H18N2O2S3/c1-12-11-25-18(22)19(12)8-5-16(21)20-7-4-14-13(6-10-24-14)17(20)15-3-2-9-23-15/h2-3,6,9-11,17H,4-5,7-8H2,1H3. The van der Waals surface area contributed by atoms with Gasteiger partial charge >= 0.3 is 4.87 Å². The van der Waals surface area contributed by atoms with Gasteiger partial charge in [0.15, 0.2) is 0 Å². The minimum atomic E-state index is 0.0128. The molecule has 130 valence electrons. The molecule has 0 aromatic carbocycles. The Morgan fingerprint density at radius 1 is 1.24 bits per heavy atom. The summed E-state index contributed by atoms with van der Waals surface area (Å²) in [6.45, 7) is 3.11. The summed E-state index contributed by atoms with van der Waals surface area (Å²) in [7, 11) is 0. The number of amides is 1. The topological polar surface area (TPSA) is 42.3 Å². The maximum atomic E-state index is 13.0. The number of hydrogen-bond donors (Lipinski definition) is 0. The predicted octanol–water partition coefficient (Wildman–Crippen LogP) is 3.91. The minimum absolute atomic E-state index is 0.0128. The molecule has 0 aliphatic carbocycles. The van der Waals surface area contributed by atoms with Gasteiger partial charge in [-0.05, 0) is 41.8 Å². The summed E-state index contributed by atoms with van der Waals surface area (Å²) >= 11 is 4.67. The van der Waals surface area contributed by atoms with Crippen LogP contribution in [0.4, 0.5) is 0 Å². The molecule has 1 atom stereocenters. The molecule has 0 spiro atoms. The lowest BCUT2D eigenvalue weighted by atomic mass is 9.98. The highest BCUT2D eigenvalue weighted by Gasteiger charge is 2.33. The van der Waals surface area contributed by atoms with Gasteiger partial charge in [-0.25, -0.2) is 0 Å². The van der Waals surface area contributed by atoms with Crippen molar-refractivity contribution in [2.75, 3.05) is 6.54 Å². The van der Waals surface area contributed by atoms with E-state index < -0.39 is 0 Å². The largest absolute Gasteiger partial charge is 0.330 e. The van der Waals surface area contributed by atoms with Gasteiger partial charge in [-0.15, -0.1) is 22.7 Å². The summed E-state index contributed by atoms with van der Waals surface area (Å²) in [6.07, 6.45) is 1.27. The lowest BCUT2D eigenvalue weighted by molar-refractivity contribution is -0.133. The summed E-state index contributed by atoms with van der Waals surface area (Å²) < 4.78 is 1.70. The van der Waals surface area contributed by atoms with Crippen molar-refractivity contribution in [2.45, 2.75) is 32.4 Å². The maximum Gasteiger partial charge on any atom is 0.307 e. The van der Waals surface area contributed by atoms with Crippen LogP contribution in [0.1, 0.15) is 33.5 Å². The van der Waals surface area contributed by atoms with Crippen molar-refractivity contribution in [1.29, 1.82) is 0 Å². The molecule has 4 rings (SSSR count). The SMILES string of the molecule is Cc1csc(=O)n1CCC(=O)N1CCc2sccc2C1c1cccs1. The van der Waals surface area contributed by atoms with E-state index in [1.54, 1.807) is 27.2 Å². The lowest BCUT2D eigenvalue weighted by Crippen LogP contribution is -2.40. The normalized spacial score (nSPS) is 16.8. The fourth-order valence-corrected chi connectivity index (χ4v) is 5.88. The van der Waals surface area contributed by atoms with E-state index in [4.69, 9.17) is 0 Å². The molecule has 7 heteroatoms. The Labute approximate surface area is 158 Å². The van der Waals surface area contributed by atoms with Crippen LogP contribution in [0.5, 0.6) is 0 Å². The number of carbonyl (C=O) groups is 1. The first-order valence-electron chi connectivity index (χ1n) is 8.19. The minimum Gasteiger partial charge on any atom is -0.330 e. The van der Waals surface area contributed by atoms with Crippen LogP contribution in [0.2, 0.25) is 0 Å². The molecule has 3 aromatic rings. The Hall–Kier alpha value is -1.70.